The molecule has 3 rings (SSSR count). The van der Waals surface area contributed by atoms with Crippen LogP contribution >= 0.6 is 0 Å². The van der Waals surface area contributed by atoms with Crippen LogP contribution in [0.25, 0.3) is 0 Å². The number of fused-ring (bicyclic) bond motifs is 1. The van der Waals surface area contributed by atoms with Crippen molar-refractivity contribution in [2.24, 2.45) is 17.8 Å². The standard InChI is InChI=1S/C12H20N2O/c1-8-7-14(3-2-13-8)12(15)11-5-9-4-10(9)6-11/h8-11,13H,2-7H2,1H3/t8-,9?,10?,11?/m0/s1. The summed E-state index contributed by atoms with van der Waals surface area (Å²) < 4.78 is 0. The van der Waals surface area contributed by atoms with Gasteiger partial charge in [0.25, 0.3) is 0 Å². The molecule has 84 valence electrons. The molecule has 0 aromatic carbocycles. The van der Waals surface area contributed by atoms with Crippen molar-refractivity contribution >= 4 is 5.91 Å². The number of carbonyl (C=O) groups excluding carboxylic acids is 1. The van der Waals surface area contributed by atoms with Crippen LogP contribution < -0.4 is 5.32 Å². The second-order valence-electron chi connectivity index (χ2n) is 5.56. The number of amides is 1. The Bertz CT molecular complexity index is 269. The summed E-state index contributed by atoms with van der Waals surface area (Å²) in [4.78, 5) is 14.3. The van der Waals surface area contributed by atoms with E-state index in [0.29, 0.717) is 17.9 Å². The summed E-state index contributed by atoms with van der Waals surface area (Å²) in [5.74, 6) is 2.65. The van der Waals surface area contributed by atoms with Crippen molar-refractivity contribution in [3.05, 3.63) is 0 Å². The van der Waals surface area contributed by atoms with E-state index in [1.807, 2.05) is 0 Å². The van der Waals surface area contributed by atoms with Crippen molar-refractivity contribution in [1.29, 1.82) is 0 Å². The van der Waals surface area contributed by atoms with E-state index in [2.05, 4.69) is 17.1 Å². The maximum Gasteiger partial charge on any atom is 0.225 e. The van der Waals surface area contributed by atoms with Gasteiger partial charge < -0.3 is 10.2 Å². The summed E-state index contributed by atoms with van der Waals surface area (Å²) in [6, 6.07) is 0.471. The minimum atomic E-state index is 0.374. The molecule has 0 bridgehead atoms. The van der Waals surface area contributed by atoms with Crippen molar-refractivity contribution in [3.63, 3.8) is 0 Å². The molecule has 3 heteroatoms. The van der Waals surface area contributed by atoms with Gasteiger partial charge in [0.1, 0.15) is 0 Å². The number of nitrogens with zero attached hydrogens (tertiary/aromatic N) is 1. The molecule has 3 atom stereocenters. The molecule has 0 radical (unpaired) electrons. The van der Waals surface area contributed by atoms with Gasteiger partial charge in [0, 0.05) is 31.6 Å². The Morgan fingerprint density at radius 1 is 1.27 bits per heavy atom. The average Bonchev–Trinajstić information content (AvgIpc) is 2.85. The van der Waals surface area contributed by atoms with Crippen LogP contribution in [0.1, 0.15) is 26.2 Å². The number of hydrogen-bond donors (Lipinski definition) is 1. The largest absolute Gasteiger partial charge is 0.340 e. The number of nitrogens with one attached hydrogen (secondary N) is 1. The normalized spacial score (nSPS) is 43.9. The zero-order chi connectivity index (χ0) is 10.4. The van der Waals surface area contributed by atoms with Crippen molar-refractivity contribution in [2.75, 3.05) is 19.6 Å². The smallest absolute Gasteiger partial charge is 0.225 e. The van der Waals surface area contributed by atoms with E-state index in [1.165, 1.54) is 19.3 Å². The van der Waals surface area contributed by atoms with Gasteiger partial charge in [-0.2, -0.15) is 0 Å². The van der Waals surface area contributed by atoms with Crippen LogP contribution in [-0.2, 0) is 4.79 Å². The second-order valence-corrected chi connectivity index (χ2v) is 5.56. The summed E-state index contributed by atoms with van der Waals surface area (Å²) in [6.45, 7) is 4.94. The molecule has 15 heavy (non-hydrogen) atoms. The van der Waals surface area contributed by atoms with Crippen LogP contribution in [0.15, 0.2) is 0 Å². The van der Waals surface area contributed by atoms with Crippen LogP contribution in [0.2, 0.25) is 0 Å². The molecule has 1 amide bonds. The Hall–Kier alpha value is -0.570. The third-order valence-electron chi connectivity index (χ3n) is 4.27. The molecule has 3 aliphatic rings. The SMILES string of the molecule is C[C@H]1CN(C(=O)C2CC3CC3C2)CCN1. The van der Waals surface area contributed by atoms with E-state index in [1.54, 1.807) is 0 Å². The maximum absolute atomic E-state index is 12.2. The minimum absolute atomic E-state index is 0.374. The Morgan fingerprint density at radius 3 is 2.67 bits per heavy atom. The Kier molecular flexibility index (Phi) is 2.23. The maximum atomic E-state index is 12.2. The summed E-state index contributed by atoms with van der Waals surface area (Å²) in [5.41, 5.74) is 0. The van der Waals surface area contributed by atoms with Crippen LogP contribution in [0.5, 0.6) is 0 Å². The lowest BCUT2D eigenvalue weighted by Gasteiger charge is -2.33. The quantitative estimate of drug-likeness (QED) is 0.693. The Labute approximate surface area is 91.2 Å². The van der Waals surface area contributed by atoms with Gasteiger partial charge in [-0.3, -0.25) is 4.79 Å². The molecular weight excluding hydrogens is 188 g/mol. The number of hydrogen-bond acceptors (Lipinski definition) is 2. The summed E-state index contributed by atoms with van der Waals surface area (Å²) >= 11 is 0. The molecule has 1 heterocycles. The van der Waals surface area contributed by atoms with E-state index in [4.69, 9.17) is 0 Å². The third kappa shape index (κ3) is 1.78. The molecular formula is C12H20N2O. The van der Waals surface area contributed by atoms with Gasteiger partial charge in [0.05, 0.1) is 0 Å². The number of piperazine rings is 1. The highest BCUT2D eigenvalue weighted by atomic mass is 16.2. The van der Waals surface area contributed by atoms with E-state index >= 15 is 0 Å². The first-order valence-corrected chi connectivity index (χ1v) is 6.26. The van der Waals surface area contributed by atoms with Crippen LogP contribution in [0.3, 0.4) is 0 Å². The predicted molar refractivity (Wildman–Crippen MR) is 58.4 cm³/mol. The fraction of sp³-hybridized carbons (Fsp3) is 0.917. The van der Waals surface area contributed by atoms with Gasteiger partial charge in [-0.1, -0.05) is 0 Å². The van der Waals surface area contributed by atoms with Crippen LogP contribution in [0.4, 0.5) is 0 Å². The summed E-state index contributed by atoms with van der Waals surface area (Å²) in [6.07, 6.45) is 3.77. The highest BCUT2D eigenvalue weighted by molar-refractivity contribution is 5.79. The van der Waals surface area contributed by atoms with Crippen LogP contribution in [-0.4, -0.2) is 36.5 Å². The van der Waals surface area contributed by atoms with E-state index in [-0.39, 0.29) is 0 Å². The van der Waals surface area contributed by atoms with E-state index < -0.39 is 0 Å². The first-order chi connectivity index (χ1) is 7.24. The molecule has 1 saturated heterocycles. The van der Waals surface area contributed by atoms with Crippen molar-refractivity contribution < 1.29 is 4.79 Å². The van der Waals surface area contributed by atoms with E-state index in [9.17, 15) is 4.79 Å². The molecule has 0 spiro atoms. The van der Waals surface area contributed by atoms with Gasteiger partial charge in [0.15, 0.2) is 0 Å². The van der Waals surface area contributed by atoms with Crippen molar-refractivity contribution in [3.8, 4) is 0 Å². The Balaban J connectivity index is 1.59. The lowest BCUT2D eigenvalue weighted by Crippen LogP contribution is -2.52. The third-order valence-corrected chi connectivity index (χ3v) is 4.27. The van der Waals surface area contributed by atoms with Crippen LogP contribution in [0, 0.1) is 17.8 Å². The highest BCUT2D eigenvalue weighted by Crippen LogP contribution is 2.54. The first kappa shape index (κ1) is 9.64. The molecule has 0 aromatic heterocycles. The molecule has 3 nitrogen and oxygen atoms in total. The highest BCUT2D eigenvalue weighted by Gasteiger charge is 2.48. The van der Waals surface area contributed by atoms with E-state index in [0.717, 1.165) is 31.5 Å². The van der Waals surface area contributed by atoms with Crippen molar-refractivity contribution in [2.45, 2.75) is 32.2 Å². The van der Waals surface area contributed by atoms with Crippen molar-refractivity contribution in [1.82, 2.24) is 10.2 Å². The average molecular weight is 208 g/mol. The summed E-state index contributed by atoms with van der Waals surface area (Å²) in [7, 11) is 0. The van der Waals surface area contributed by atoms with Gasteiger partial charge in [0.2, 0.25) is 5.91 Å². The summed E-state index contributed by atoms with van der Waals surface area (Å²) in [5, 5.41) is 3.38. The second kappa shape index (κ2) is 3.48. The lowest BCUT2D eigenvalue weighted by atomic mass is 10.0. The number of carbonyl (C=O) groups is 1. The molecule has 0 aromatic rings. The van der Waals surface area contributed by atoms with Gasteiger partial charge in [-0.25, -0.2) is 0 Å². The van der Waals surface area contributed by atoms with Gasteiger partial charge in [-0.15, -0.1) is 0 Å². The molecule has 2 aliphatic carbocycles. The lowest BCUT2D eigenvalue weighted by molar-refractivity contribution is -0.136. The Morgan fingerprint density at radius 2 is 2.00 bits per heavy atom. The minimum Gasteiger partial charge on any atom is -0.340 e. The molecule has 1 N–H and O–H groups in total. The number of rotatable bonds is 1. The predicted octanol–water partition coefficient (Wildman–Crippen LogP) is 0.853. The molecule has 2 unspecified atom stereocenters. The van der Waals surface area contributed by atoms with Gasteiger partial charge >= 0.3 is 0 Å². The monoisotopic (exact) mass is 208 g/mol. The topological polar surface area (TPSA) is 32.3 Å². The fourth-order valence-electron chi connectivity index (χ4n) is 3.31. The zero-order valence-electron chi connectivity index (χ0n) is 9.41. The molecule has 3 fully saturated rings. The first-order valence-electron chi connectivity index (χ1n) is 6.26. The van der Waals surface area contributed by atoms with Gasteiger partial charge in [-0.05, 0) is 38.0 Å². The molecule has 1 aliphatic heterocycles. The molecule has 2 saturated carbocycles. The fourth-order valence-corrected chi connectivity index (χ4v) is 3.31. The zero-order valence-corrected chi connectivity index (χ0v) is 9.41.